The molecule has 514 valence electrons. The fourth-order valence-electron chi connectivity index (χ4n) is 10.1. The predicted molar refractivity (Wildman–Crippen MR) is 347 cm³/mol. The van der Waals surface area contributed by atoms with Gasteiger partial charge in [-0.25, -0.2) is 53.2 Å². The Labute approximate surface area is 549 Å². The number of unbranched alkanes of at least 4 members (excludes halogenated alkanes) is 4. The van der Waals surface area contributed by atoms with Crippen LogP contribution in [0.25, 0.3) is 22.1 Å². The Balaban J connectivity index is 0.000000321. The first kappa shape index (κ1) is 76.8. The van der Waals surface area contributed by atoms with Crippen molar-refractivity contribution in [3.05, 3.63) is 55.9 Å². The van der Waals surface area contributed by atoms with Gasteiger partial charge in [0.1, 0.15) is 86.7 Å². The molecule has 0 spiro atoms. The highest BCUT2D eigenvalue weighted by Gasteiger charge is 2.35. The number of nitriles is 2. The third kappa shape index (κ3) is 25.5. The fourth-order valence-corrected chi connectivity index (χ4v) is 10.1. The van der Waals surface area contributed by atoms with E-state index in [4.69, 9.17) is 38.9 Å². The third-order valence-corrected chi connectivity index (χ3v) is 15.0. The summed E-state index contributed by atoms with van der Waals surface area (Å²) < 4.78 is 33.1. The average Bonchev–Trinajstić information content (AvgIpc) is 1.54. The summed E-state index contributed by atoms with van der Waals surface area (Å²) in [5, 5.41) is 24.6. The zero-order chi connectivity index (χ0) is 68.1. The van der Waals surface area contributed by atoms with Crippen LogP contribution in [0.4, 0.5) is 30.8 Å². The van der Waals surface area contributed by atoms with Gasteiger partial charge in [-0.3, -0.25) is 19.2 Å². The Bertz CT molecular complexity index is 3330. The zero-order valence-electron chi connectivity index (χ0n) is 55.1. The van der Waals surface area contributed by atoms with Gasteiger partial charge >= 0.3 is 36.3 Å². The minimum atomic E-state index is -0.667. The number of aromatic amines is 1. The summed E-state index contributed by atoms with van der Waals surface area (Å²) in [5.41, 5.74) is 0.114. The van der Waals surface area contributed by atoms with Crippen LogP contribution in [0.3, 0.4) is 0 Å². The van der Waals surface area contributed by atoms with Gasteiger partial charge in [-0.2, -0.15) is 10.5 Å². The Morgan fingerprint density at radius 3 is 1.59 bits per heavy atom. The number of imidazole rings is 1. The highest BCUT2D eigenvalue weighted by molar-refractivity contribution is 5.93. The van der Waals surface area contributed by atoms with Crippen molar-refractivity contribution in [2.24, 2.45) is 11.8 Å². The van der Waals surface area contributed by atoms with E-state index in [-0.39, 0.29) is 95.3 Å². The van der Waals surface area contributed by atoms with Crippen LogP contribution in [0.15, 0.2) is 55.9 Å². The van der Waals surface area contributed by atoms with E-state index in [1.807, 2.05) is 43.4 Å². The second kappa shape index (κ2) is 38.4. The number of anilines is 2. The lowest BCUT2D eigenvalue weighted by molar-refractivity contribution is -0.145. The Kier molecular flexibility index (Phi) is 31.4. The number of H-pyrrole nitrogens is 1. The summed E-state index contributed by atoms with van der Waals surface area (Å²) in [6.45, 7) is 18.3. The van der Waals surface area contributed by atoms with Crippen LogP contribution in [-0.2, 0) is 47.6 Å². The smallest absolute Gasteiger partial charge is 0.419 e. The van der Waals surface area contributed by atoms with Crippen molar-refractivity contribution in [2.45, 2.75) is 163 Å². The Hall–Kier alpha value is -9.61. The van der Waals surface area contributed by atoms with Gasteiger partial charge in [0.2, 0.25) is 11.8 Å². The number of amides is 4. The van der Waals surface area contributed by atoms with Crippen LogP contribution in [0.5, 0.6) is 0 Å². The first-order valence-electron chi connectivity index (χ1n) is 31.2. The lowest BCUT2D eigenvalue weighted by Crippen LogP contribution is -2.52. The molecule has 30 heteroatoms. The SMILES string of the molecule is C.CC(C)(C)OC(=O)NCCCCCC(=O)OCCOC(=O)n1ccnc1.C[C@@H]1CCN(C(=O)CC#N)C[C@@H]1N(C)c1ncnc2[nH]ccc12.C[C@@H]1CCN(C(=O)CC#N)C[C@@H]1N(C)c1ncnc2c1ccn2C(=O)OCCOC(=O)CCCCCNC(=O)OC(C)(C)C. The topological polar surface area (TPSA) is 367 Å². The summed E-state index contributed by atoms with van der Waals surface area (Å²) in [6.07, 6.45) is 14.7. The van der Waals surface area contributed by atoms with Crippen LogP contribution in [-0.4, -0.2) is 200 Å². The number of carbonyl (C=O) groups excluding carboxylic acids is 8. The van der Waals surface area contributed by atoms with E-state index in [0.29, 0.717) is 74.8 Å². The second-order valence-electron chi connectivity index (χ2n) is 24.4. The van der Waals surface area contributed by atoms with E-state index in [1.165, 1.54) is 34.2 Å². The van der Waals surface area contributed by atoms with Crippen LogP contribution in [0.1, 0.15) is 140 Å². The number of nitrogens with one attached hydrogen (secondary N) is 3. The first-order chi connectivity index (χ1) is 44.3. The number of likely N-dealkylation sites (N-methyl/N-ethyl adjacent to an activating group) is 2. The minimum absolute atomic E-state index is 0. The molecule has 2 fully saturated rings. The third-order valence-electron chi connectivity index (χ3n) is 15.0. The molecule has 2 aliphatic heterocycles. The number of likely N-dealkylation sites (tertiary alicyclic amines) is 2. The molecular formula is C64H94N16O14. The van der Waals surface area contributed by atoms with Crippen molar-refractivity contribution in [2.75, 3.05) is 89.6 Å². The molecule has 4 atom stereocenters. The van der Waals surface area contributed by atoms with E-state index in [2.05, 4.69) is 59.3 Å². The second-order valence-corrected chi connectivity index (χ2v) is 24.4. The van der Waals surface area contributed by atoms with Crippen LogP contribution in [0.2, 0.25) is 0 Å². The number of piperidine rings is 2. The van der Waals surface area contributed by atoms with Gasteiger partial charge in [-0.1, -0.05) is 34.1 Å². The van der Waals surface area contributed by atoms with Gasteiger partial charge in [0.15, 0.2) is 5.65 Å². The van der Waals surface area contributed by atoms with E-state index in [0.717, 1.165) is 55.5 Å². The molecule has 0 radical (unpaired) electrons. The number of hydrogen-bond donors (Lipinski definition) is 3. The number of rotatable bonds is 24. The lowest BCUT2D eigenvalue weighted by atomic mass is 9.92. The molecule has 0 unspecified atom stereocenters. The fraction of sp³-hybridized carbons (Fsp3) is 0.609. The van der Waals surface area contributed by atoms with Gasteiger partial charge < -0.3 is 63.6 Å². The van der Waals surface area contributed by atoms with Crippen molar-refractivity contribution in [3.8, 4) is 12.1 Å². The van der Waals surface area contributed by atoms with Crippen LogP contribution >= 0.6 is 0 Å². The molecule has 2 saturated heterocycles. The van der Waals surface area contributed by atoms with Gasteiger partial charge in [-0.15, -0.1) is 0 Å². The normalized spacial score (nSPS) is 16.0. The maximum absolute atomic E-state index is 12.8. The van der Waals surface area contributed by atoms with E-state index in [9.17, 15) is 38.4 Å². The summed E-state index contributed by atoms with van der Waals surface area (Å²) in [6, 6.07) is 7.69. The molecule has 0 aromatic carbocycles. The molecule has 0 bridgehead atoms. The molecule has 5 aromatic heterocycles. The van der Waals surface area contributed by atoms with Gasteiger partial charge in [0.05, 0.1) is 35.0 Å². The number of ether oxygens (including phenoxy) is 6. The standard InChI is InChI=1S/C30H43N7O7.C17H27N3O6.C16H20N6O.CH4/c1-21-11-15-36(24(38)10-13-31)19-23(21)35(5)26-22-12-16-37(27(22)34-20-33-26)29(41)43-18-17-42-25(39)9-7-6-8-14-32-28(40)44-30(2,3)4;1-17(2,3)26-15(22)19-8-6-4-5-7-14(21)24-11-12-25-16(23)20-10-9-18-13-20;1-11-5-8-22(14(23)3-6-17)9-13(11)21(2)16-12-4-7-18-15(12)19-10-20-16;/h12,16,20-21,23H,6-11,14-15,17-19H2,1-5H3,(H,32,40);9-10,13H,4-8,11-12H2,1-3H3,(H,19,22);4,7,10-11,13H,3,5,8-9H2,1-2H3,(H,18,19,20);1H4/t21-,23+;;11-,13+;/m1.1./s1. The quantitative estimate of drug-likeness (QED) is 0.0297. The van der Waals surface area contributed by atoms with Gasteiger partial charge in [0.25, 0.3) is 0 Å². The molecule has 94 heavy (non-hydrogen) atoms. The van der Waals surface area contributed by atoms with E-state index >= 15 is 0 Å². The Morgan fingerprint density at radius 1 is 0.628 bits per heavy atom. The number of aromatic nitrogens is 8. The molecule has 4 amide bonds. The number of hydrogen-bond acceptors (Lipinski definition) is 23. The molecule has 7 heterocycles. The maximum atomic E-state index is 12.8. The lowest BCUT2D eigenvalue weighted by Gasteiger charge is -2.42. The van der Waals surface area contributed by atoms with Gasteiger partial charge in [0, 0.05) is 91.0 Å². The first-order valence-corrected chi connectivity index (χ1v) is 31.2. The number of alkyl carbamates (subject to hydrolysis) is 2. The summed E-state index contributed by atoms with van der Waals surface area (Å²) in [5.74, 6) is 1.18. The van der Waals surface area contributed by atoms with Gasteiger partial charge in [-0.05, 0) is 104 Å². The van der Waals surface area contributed by atoms with Crippen LogP contribution < -0.4 is 20.4 Å². The van der Waals surface area contributed by atoms with Crippen LogP contribution in [0, 0.1) is 34.5 Å². The summed E-state index contributed by atoms with van der Waals surface area (Å²) in [7, 11) is 3.90. The predicted octanol–water partition coefficient (Wildman–Crippen LogP) is 8.31. The van der Waals surface area contributed by atoms with Crippen molar-refractivity contribution in [3.63, 3.8) is 0 Å². The average molecular weight is 1310 g/mol. The minimum Gasteiger partial charge on any atom is -0.462 e. The molecule has 7 rings (SSSR count). The monoisotopic (exact) mass is 1310 g/mol. The van der Waals surface area contributed by atoms with Crippen molar-refractivity contribution >= 4 is 81.8 Å². The largest absolute Gasteiger partial charge is 0.462 e. The van der Waals surface area contributed by atoms with E-state index < -0.39 is 41.5 Å². The van der Waals surface area contributed by atoms with E-state index in [1.54, 1.807) is 69.9 Å². The molecular weight excluding hydrogens is 1220 g/mol. The summed E-state index contributed by atoms with van der Waals surface area (Å²) in [4.78, 5) is 127. The number of nitrogens with zero attached hydrogens (tertiary/aromatic N) is 13. The molecule has 3 N–H and O–H groups in total. The highest BCUT2D eigenvalue weighted by atomic mass is 16.6. The zero-order valence-corrected chi connectivity index (χ0v) is 55.1. The number of carbonyl (C=O) groups is 8. The number of fused-ring (bicyclic) bond motifs is 2. The number of esters is 2. The molecule has 0 saturated carbocycles. The van der Waals surface area contributed by atoms with Crippen molar-refractivity contribution in [1.29, 1.82) is 10.5 Å². The summed E-state index contributed by atoms with van der Waals surface area (Å²) >= 11 is 0. The highest BCUT2D eigenvalue weighted by Crippen LogP contribution is 2.31. The van der Waals surface area contributed by atoms with Crippen molar-refractivity contribution in [1.82, 2.24) is 59.5 Å². The molecule has 2 aliphatic rings. The molecule has 30 nitrogen and oxygen atoms in total. The Morgan fingerprint density at radius 2 is 1.11 bits per heavy atom. The molecule has 5 aromatic rings. The molecule has 0 aliphatic carbocycles. The van der Waals surface area contributed by atoms with Crippen molar-refractivity contribution < 1.29 is 66.8 Å². The maximum Gasteiger partial charge on any atom is 0.419 e.